The molecule has 0 unspecified atom stereocenters. The quantitative estimate of drug-likeness (QED) is 0.107. The minimum atomic E-state index is -1.86. The van der Waals surface area contributed by atoms with Crippen molar-refractivity contribution < 1.29 is 67.6 Å². The smallest absolute Gasteiger partial charge is 0.316 e. The van der Waals surface area contributed by atoms with Crippen molar-refractivity contribution >= 4 is 11.7 Å². The lowest BCUT2D eigenvalue weighted by atomic mass is 9.71. The summed E-state index contributed by atoms with van der Waals surface area (Å²) in [5, 5.41) is 36.8. The maximum atomic E-state index is 14.5. The number of carbonyl (C=O) groups excluding carboxylic acids is 1. The number of rotatable bonds is 7. The number of hydrogen-bond acceptors (Lipinski definition) is 15. The van der Waals surface area contributed by atoms with Crippen molar-refractivity contribution in [3.8, 4) is 0 Å². The van der Waals surface area contributed by atoms with Crippen LogP contribution in [0, 0.1) is 23.7 Å². The van der Waals surface area contributed by atoms with E-state index >= 15 is 0 Å². The second-order valence-corrected chi connectivity index (χ2v) is 20.3. The number of aliphatic hydroxyl groups is 2. The van der Waals surface area contributed by atoms with Gasteiger partial charge < -0.3 is 62.8 Å². The van der Waals surface area contributed by atoms with E-state index in [0.29, 0.717) is 61.5 Å². The van der Waals surface area contributed by atoms with Crippen LogP contribution in [0.5, 0.6) is 0 Å². The zero-order valence-corrected chi connectivity index (χ0v) is 39.7. The molecule has 0 aromatic heterocycles. The van der Waals surface area contributed by atoms with E-state index < -0.39 is 84.7 Å². The summed E-state index contributed by atoms with van der Waals surface area (Å²) in [7, 11) is 3.23. The van der Waals surface area contributed by atoms with Crippen molar-refractivity contribution in [1.82, 2.24) is 0 Å². The summed E-state index contributed by atoms with van der Waals surface area (Å²) in [4.78, 5) is 14.5. The van der Waals surface area contributed by atoms with Gasteiger partial charge in [-0.25, -0.2) is 0 Å². The van der Waals surface area contributed by atoms with E-state index in [0.717, 1.165) is 24.8 Å². The molecule has 6 aliphatic heterocycles. The van der Waals surface area contributed by atoms with Crippen molar-refractivity contribution in [2.24, 2.45) is 28.8 Å². The Morgan fingerprint density at radius 3 is 2.34 bits per heavy atom. The number of allylic oxidation sites excluding steroid dienone is 2. The van der Waals surface area contributed by atoms with Gasteiger partial charge in [-0.05, 0) is 81.9 Å². The summed E-state index contributed by atoms with van der Waals surface area (Å²) in [6, 6.07) is 0. The van der Waals surface area contributed by atoms with E-state index in [1.165, 1.54) is 19.3 Å². The second-order valence-electron chi connectivity index (χ2n) is 20.3. The van der Waals surface area contributed by atoms with E-state index in [1.54, 1.807) is 40.2 Å². The normalized spacial score (nSPS) is 46.3. The Bertz CT molecular complexity index is 1830. The predicted molar refractivity (Wildman–Crippen MR) is 238 cm³/mol. The van der Waals surface area contributed by atoms with Crippen molar-refractivity contribution in [1.29, 1.82) is 0 Å². The number of methoxy groups -OCH3 is 2. The molecule has 0 aromatic rings. The van der Waals surface area contributed by atoms with Crippen molar-refractivity contribution in [2.45, 2.75) is 210 Å². The fraction of sp³-hybridized carbons (Fsp3) is 0.800. The highest BCUT2D eigenvalue weighted by Gasteiger charge is 2.60. The fourth-order valence-corrected chi connectivity index (χ4v) is 12.1. The molecule has 2 bridgehead atoms. The molecular weight excluding hydrogens is 839 g/mol. The lowest BCUT2D eigenvalue weighted by Gasteiger charge is -2.51. The monoisotopic (exact) mass is 914 g/mol. The number of ether oxygens (including phenoxy) is 10. The number of fused-ring (bicyclic) bond motifs is 2. The highest BCUT2D eigenvalue weighted by Crippen LogP contribution is 2.48. The van der Waals surface area contributed by atoms with Gasteiger partial charge in [-0.15, -0.1) is 0 Å². The van der Waals surface area contributed by atoms with E-state index in [2.05, 4.69) is 32.0 Å². The van der Waals surface area contributed by atoms with E-state index in [9.17, 15) is 20.2 Å². The van der Waals surface area contributed by atoms with Crippen LogP contribution < -0.4 is 0 Å². The lowest BCUT2D eigenvalue weighted by molar-refractivity contribution is -0.342. The summed E-state index contributed by atoms with van der Waals surface area (Å²) in [6.07, 6.45) is 12.7. The molecule has 6 fully saturated rings. The Morgan fingerprint density at radius 2 is 1.60 bits per heavy atom. The zero-order valence-electron chi connectivity index (χ0n) is 39.7. The van der Waals surface area contributed by atoms with Gasteiger partial charge in [0.05, 0.1) is 49.3 Å². The van der Waals surface area contributed by atoms with Crippen LogP contribution in [0.2, 0.25) is 0 Å². The molecule has 0 amide bonds. The first-order valence-corrected chi connectivity index (χ1v) is 24.4. The maximum absolute atomic E-state index is 14.5. The Labute approximate surface area is 384 Å². The first kappa shape index (κ1) is 48.9. The number of oxime groups is 1. The van der Waals surface area contributed by atoms with Crippen LogP contribution in [0.4, 0.5) is 0 Å². The van der Waals surface area contributed by atoms with Crippen LogP contribution in [0.3, 0.4) is 0 Å². The van der Waals surface area contributed by atoms with Gasteiger partial charge in [-0.1, -0.05) is 68.6 Å². The molecule has 2 aliphatic carbocycles. The molecule has 8 aliphatic rings. The van der Waals surface area contributed by atoms with Gasteiger partial charge in [0.15, 0.2) is 18.4 Å². The minimum absolute atomic E-state index is 0.0205. The zero-order chi connectivity index (χ0) is 46.2. The van der Waals surface area contributed by atoms with Crippen LogP contribution in [-0.4, -0.2) is 139 Å². The molecule has 0 radical (unpaired) electrons. The third kappa shape index (κ3) is 10.1. The van der Waals surface area contributed by atoms with Crippen LogP contribution in [0.25, 0.3) is 0 Å². The van der Waals surface area contributed by atoms with Gasteiger partial charge in [0, 0.05) is 52.2 Å². The molecule has 18 atom stereocenters. The standard InChI is InChI=1S/C50H75NO14/c1-27-13-12-16-34-26-58-47-42(51-55)30(4)21-37(50(34,47)54)48(53)61-36-22-35(64-49(25-36)20-19-29(3)45(65-49)33-14-10-9-11-15-33)18-17-28(2)44(27)62-41-24-39(57-8)46(32(6)60-41)63-40-23-38(56-7)43(52)31(5)59-40/h12-13,16-17,21,27,29,31-33,35-41,43-47,52,54-55H,9-11,14-15,18-20,22-26H2,1-8H3/b13-12?,28-17?,34-16?,51-42+/t27-,29-,31-,32-,35+,36-,37-,38-,39-,40-,41-,43-,44-,45-,46-,47+,49+,50+/m0/s1. The van der Waals surface area contributed by atoms with Crippen LogP contribution in [0.1, 0.15) is 119 Å². The molecule has 0 aromatic carbocycles. The molecule has 15 heteroatoms. The van der Waals surface area contributed by atoms with Gasteiger partial charge in [-0.2, -0.15) is 0 Å². The highest BCUT2D eigenvalue weighted by atomic mass is 16.7. The molecule has 5 saturated heterocycles. The van der Waals surface area contributed by atoms with Crippen molar-refractivity contribution in [2.75, 3.05) is 20.8 Å². The SMILES string of the molecule is CO[C@H]1C[C@H](O[C@H]2[C@H](C)O[C@@H](O[C@@H]3C(C)=CC[C@@H]4C[C@@H](C[C@]5(CC[C@H](C)[C@@H](C6CCCCC6)O5)O4)OC(=O)[C@@H]4C=C(C)/C(=N\O)[C@H]5OCC(=CC=C[C@@H]3C)[C@]54O)C[C@@H]2OC)O[C@@H](C)[C@@H]1O. The van der Waals surface area contributed by atoms with E-state index in [4.69, 9.17) is 47.4 Å². The number of aliphatic hydroxyl groups excluding tert-OH is 1. The second kappa shape index (κ2) is 20.6. The summed E-state index contributed by atoms with van der Waals surface area (Å²) in [6.45, 7) is 11.9. The number of hydrogen-bond donors (Lipinski definition) is 3. The van der Waals surface area contributed by atoms with Gasteiger partial charge in [0.25, 0.3) is 0 Å². The molecule has 8 rings (SSSR count). The first-order valence-electron chi connectivity index (χ1n) is 24.4. The molecule has 6 heterocycles. The van der Waals surface area contributed by atoms with Crippen molar-refractivity contribution in [3.05, 3.63) is 47.1 Å². The highest BCUT2D eigenvalue weighted by molar-refractivity contribution is 6.06. The van der Waals surface area contributed by atoms with E-state index in [-0.39, 0.29) is 36.5 Å². The van der Waals surface area contributed by atoms with Gasteiger partial charge in [0.1, 0.15) is 41.6 Å². The molecule has 364 valence electrons. The topological polar surface area (TPSA) is 182 Å². The Morgan fingerprint density at radius 1 is 0.877 bits per heavy atom. The first-order chi connectivity index (χ1) is 31.2. The van der Waals surface area contributed by atoms with Gasteiger partial charge in [0.2, 0.25) is 0 Å². The molecule has 15 nitrogen and oxygen atoms in total. The summed E-state index contributed by atoms with van der Waals surface area (Å²) in [5.41, 5.74) is 0.304. The van der Waals surface area contributed by atoms with Gasteiger partial charge in [-0.3, -0.25) is 4.79 Å². The van der Waals surface area contributed by atoms with Crippen molar-refractivity contribution in [3.63, 3.8) is 0 Å². The van der Waals surface area contributed by atoms with Crippen LogP contribution in [-0.2, 0) is 52.2 Å². The van der Waals surface area contributed by atoms with Crippen LogP contribution in [0.15, 0.2) is 52.3 Å². The molecule has 3 N–H and O–H groups in total. The summed E-state index contributed by atoms with van der Waals surface area (Å²) < 4.78 is 64.5. The number of esters is 1. The molecule has 1 saturated carbocycles. The largest absolute Gasteiger partial charge is 0.462 e. The third-order valence-electron chi connectivity index (χ3n) is 15.8. The third-order valence-corrected chi connectivity index (χ3v) is 15.8. The summed E-state index contributed by atoms with van der Waals surface area (Å²) in [5.74, 6) is -1.95. The molecule has 1 spiro atoms. The Balaban J connectivity index is 1.09. The minimum Gasteiger partial charge on any atom is -0.462 e. The maximum Gasteiger partial charge on any atom is 0.316 e. The predicted octanol–water partition coefficient (Wildman–Crippen LogP) is 6.60. The molecular formula is C50H75NO14. The number of carbonyl (C=O) groups is 1. The lowest BCUT2D eigenvalue weighted by Crippen LogP contribution is -2.57. The Hall–Kier alpha value is -2.54. The van der Waals surface area contributed by atoms with Crippen LogP contribution >= 0.6 is 0 Å². The number of nitrogens with zero attached hydrogens (tertiary/aromatic N) is 1. The average molecular weight is 914 g/mol. The average Bonchev–Trinajstić information content (AvgIpc) is 3.62. The van der Waals surface area contributed by atoms with E-state index in [1.807, 2.05) is 19.1 Å². The fourth-order valence-electron chi connectivity index (χ4n) is 12.1. The summed E-state index contributed by atoms with van der Waals surface area (Å²) >= 11 is 0. The molecule has 65 heavy (non-hydrogen) atoms. The Kier molecular flexibility index (Phi) is 15.5. The van der Waals surface area contributed by atoms with Gasteiger partial charge >= 0.3 is 5.97 Å².